The van der Waals surface area contributed by atoms with Crippen LogP contribution in [-0.2, 0) is 25.7 Å². The van der Waals surface area contributed by atoms with Gasteiger partial charge in [0.25, 0.3) is 10.1 Å². The number of hydrogen-bond donors (Lipinski definition) is 2. The van der Waals surface area contributed by atoms with Crippen LogP contribution in [0.3, 0.4) is 0 Å². The predicted octanol–water partition coefficient (Wildman–Crippen LogP) is 7.39. The van der Waals surface area contributed by atoms with Gasteiger partial charge < -0.3 is 14.4 Å². The molecule has 2 aliphatic carbocycles. The number of rotatable bonds is 11. The Kier molecular flexibility index (Phi) is 9.71. The number of carboxylic acid groups (broad SMARTS) is 1. The SMILES string of the molecule is CC[N+](CC)=c1ccc2cc3c(oc-2c1)C=C(/C=C/C=C1/N(CCCCCC(=O)O)c2ccc(S(=O)(=O)O)cc2C1(C)C)CC3(C)C. The van der Waals surface area contributed by atoms with Crippen LogP contribution in [0.5, 0.6) is 0 Å². The van der Waals surface area contributed by atoms with Crippen molar-refractivity contribution in [2.75, 3.05) is 24.5 Å². The van der Waals surface area contributed by atoms with E-state index < -0.39 is 21.5 Å². The van der Waals surface area contributed by atoms with E-state index in [4.69, 9.17) is 9.52 Å². The molecule has 2 heterocycles. The van der Waals surface area contributed by atoms with Crippen LogP contribution in [0.15, 0.2) is 81.3 Å². The van der Waals surface area contributed by atoms with E-state index in [0.29, 0.717) is 13.0 Å². The summed E-state index contributed by atoms with van der Waals surface area (Å²) >= 11 is 0. The van der Waals surface area contributed by atoms with Gasteiger partial charge in [0.05, 0.1) is 11.0 Å². The minimum Gasteiger partial charge on any atom is -0.481 e. The number of carbonyl (C=O) groups is 1. The quantitative estimate of drug-likeness (QED) is 0.125. The highest BCUT2D eigenvalue weighted by molar-refractivity contribution is 7.85. The van der Waals surface area contributed by atoms with Crippen LogP contribution in [0.4, 0.5) is 5.69 Å². The molecule has 0 aromatic heterocycles. The van der Waals surface area contributed by atoms with Gasteiger partial charge >= 0.3 is 5.97 Å². The summed E-state index contributed by atoms with van der Waals surface area (Å²) in [5.41, 5.74) is 5.46. The highest BCUT2D eigenvalue weighted by atomic mass is 32.2. The summed E-state index contributed by atoms with van der Waals surface area (Å²) in [6.45, 7) is 15.4. The van der Waals surface area contributed by atoms with Crippen molar-refractivity contribution in [3.63, 3.8) is 0 Å². The van der Waals surface area contributed by atoms with Gasteiger partial charge in [-0.05, 0) is 92.1 Å². The average molecular weight is 660 g/mol. The molecule has 0 saturated carbocycles. The van der Waals surface area contributed by atoms with Gasteiger partial charge in [0.2, 0.25) is 5.36 Å². The van der Waals surface area contributed by atoms with Crippen molar-refractivity contribution in [2.24, 2.45) is 0 Å². The second-order valence-corrected chi connectivity index (χ2v) is 15.2. The number of carboxylic acids is 1. The minimum atomic E-state index is -4.36. The van der Waals surface area contributed by atoms with Crippen molar-refractivity contribution in [3.8, 4) is 11.3 Å². The normalized spacial score (nSPS) is 17.6. The Hall–Kier alpha value is -3.95. The zero-order chi connectivity index (χ0) is 34.1. The molecule has 0 amide bonds. The zero-order valence-corrected chi connectivity index (χ0v) is 29.2. The molecule has 0 atom stereocenters. The molecule has 2 N–H and O–H groups in total. The molecule has 0 spiro atoms. The van der Waals surface area contributed by atoms with Gasteiger partial charge in [0, 0.05) is 47.0 Å². The first-order valence-corrected chi connectivity index (χ1v) is 18.0. The van der Waals surface area contributed by atoms with Crippen molar-refractivity contribution in [1.29, 1.82) is 0 Å². The van der Waals surface area contributed by atoms with Gasteiger partial charge in [-0.15, -0.1) is 0 Å². The summed E-state index contributed by atoms with van der Waals surface area (Å²) in [6.07, 6.45) is 11.5. The average Bonchev–Trinajstić information content (AvgIpc) is 3.21. The Balaban J connectivity index is 1.50. The van der Waals surface area contributed by atoms with Crippen LogP contribution in [0.1, 0.15) is 90.5 Å². The number of allylic oxidation sites excluding steroid dienone is 5. The molecule has 1 aromatic rings. The van der Waals surface area contributed by atoms with Crippen LogP contribution in [0.2, 0.25) is 0 Å². The predicted molar refractivity (Wildman–Crippen MR) is 187 cm³/mol. The van der Waals surface area contributed by atoms with Gasteiger partial charge in [-0.25, -0.2) is 4.58 Å². The molecule has 0 fully saturated rings. The largest absolute Gasteiger partial charge is 0.481 e. The molecule has 0 unspecified atom stereocenters. The van der Waals surface area contributed by atoms with Crippen LogP contribution in [0, 0.1) is 0 Å². The lowest BCUT2D eigenvalue weighted by atomic mass is 9.74. The Bertz CT molecular complexity index is 1920. The molecule has 5 rings (SSSR count). The van der Waals surface area contributed by atoms with Crippen molar-refractivity contribution in [2.45, 2.75) is 89.4 Å². The first-order valence-electron chi connectivity index (χ1n) is 16.5. The van der Waals surface area contributed by atoms with Gasteiger partial charge in [0.1, 0.15) is 24.6 Å². The summed E-state index contributed by atoms with van der Waals surface area (Å²) in [4.78, 5) is 13.1. The number of aliphatic carboxylic acids is 1. The van der Waals surface area contributed by atoms with E-state index in [1.54, 1.807) is 12.1 Å². The van der Waals surface area contributed by atoms with Crippen molar-refractivity contribution in [3.05, 3.63) is 94.2 Å². The fraction of sp³-hybridized carbons (Fsp3) is 0.421. The summed E-state index contributed by atoms with van der Waals surface area (Å²) in [5, 5.41) is 10.2. The second-order valence-electron chi connectivity index (χ2n) is 13.7. The van der Waals surface area contributed by atoms with E-state index in [9.17, 15) is 17.8 Å². The Labute approximate surface area is 278 Å². The number of anilines is 1. The van der Waals surface area contributed by atoms with E-state index in [-0.39, 0.29) is 16.7 Å². The lowest BCUT2D eigenvalue weighted by Gasteiger charge is -2.31. The fourth-order valence-corrected chi connectivity index (χ4v) is 7.53. The molecule has 4 aliphatic rings. The minimum absolute atomic E-state index is 0.128. The first kappa shape index (κ1) is 34.4. The summed E-state index contributed by atoms with van der Waals surface area (Å²) in [7, 11) is -4.36. The van der Waals surface area contributed by atoms with Crippen LogP contribution in [-0.4, -0.2) is 43.7 Å². The van der Waals surface area contributed by atoms with Crippen LogP contribution >= 0.6 is 0 Å². The Morgan fingerprint density at radius 1 is 1.00 bits per heavy atom. The Morgan fingerprint density at radius 2 is 1.74 bits per heavy atom. The highest BCUT2D eigenvalue weighted by Gasteiger charge is 2.40. The summed E-state index contributed by atoms with van der Waals surface area (Å²) < 4.78 is 42.6. The zero-order valence-electron chi connectivity index (χ0n) is 28.3. The molecule has 47 heavy (non-hydrogen) atoms. The molecule has 0 radical (unpaired) electrons. The number of nitrogens with zero attached hydrogens (tertiary/aromatic N) is 2. The molecule has 0 bridgehead atoms. The second kappa shape index (κ2) is 13.3. The van der Waals surface area contributed by atoms with E-state index in [2.05, 4.69) is 99.6 Å². The molecule has 250 valence electrons. The smallest absolute Gasteiger partial charge is 0.303 e. The molecular formula is C38H47N2O6S+. The lowest BCUT2D eigenvalue weighted by molar-refractivity contribution is -0.137. The molecule has 1 aromatic carbocycles. The van der Waals surface area contributed by atoms with Crippen LogP contribution < -0.4 is 14.8 Å². The number of benzene rings is 2. The Morgan fingerprint density at radius 3 is 2.43 bits per heavy atom. The van der Waals surface area contributed by atoms with Crippen molar-refractivity contribution >= 4 is 27.9 Å². The topological polar surface area (TPSA) is 111 Å². The third kappa shape index (κ3) is 7.16. The third-order valence-electron chi connectivity index (χ3n) is 9.60. The van der Waals surface area contributed by atoms with E-state index >= 15 is 0 Å². The maximum atomic E-state index is 12.0. The highest BCUT2D eigenvalue weighted by Crippen LogP contribution is 2.49. The molecular weight excluding hydrogens is 612 g/mol. The van der Waals surface area contributed by atoms with E-state index in [0.717, 1.165) is 77.3 Å². The van der Waals surface area contributed by atoms with Crippen molar-refractivity contribution < 1.29 is 27.3 Å². The van der Waals surface area contributed by atoms with E-state index in [1.807, 2.05) is 0 Å². The fourth-order valence-electron chi connectivity index (χ4n) is 7.03. The van der Waals surface area contributed by atoms with E-state index in [1.165, 1.54) is 11.6 Å². The number of hydrogen-bond acceptors (Lipinski definition) is 5. The summed E-state index contributed by atoms with van der Waals surface area (Å²) in [5.74, 6) is 0.933. The van der Waals surface area contributed by atoms with Gasteiger partial charge in [-0.1, -0.05) is 46.3 Å². The summed E-state index contributed by atoms with van der Waals surface area (Å²) in [6, 6.07) is 13.4. The first-order chi connectivity index (χ1) is 22.2. The van der Waals surface area contributed by atoms with Crippen LogP contribution in [0.25, 0.3) is 17.4 Å². The molecule has 9 heteroatoms. The maximum absolute atomic E-state index is 12.0. The molecule has 0 saturated heterocycles. The number of fused-ring (bicyclic) bond motifs is 3. The molecule has 2 aliphatic heterocycles. The monoisotopic (exact) mass is 659 g/mol. The van der Waals surface area contributed by atoms with Crippen molar-refractivity contribution in [1.82, 2.24) is 4.58 Å². The third-order valence-corrected chi connectivity index (χ3v) is 10.5. The standard InChI is InChI=1S/C38H46N2O6S/c1-7-39(8-2)28-17-16-27-22-31-34(46-33(27)23-28)21-26(25-37(31,3)4)13-12-14-35-38(5,6)30-24-29(47(43,44)45)18-19-32(30)40(35)20-11-9-10-15-36(41)42/h12-14,16-19,21-24H,7-11,15,20,25H2,1-6H3,(H-,41,42,43,44,45)/p+1. The van der Waals surface area contributed by atoms with Gasteiger partial charge in [-0.2, -0.15) is 8.42 Å². The van der Waals surface area contributed by atoms with Gasteiger partial charge in [0.15, 0.2) is 0 Å². The van der Waals surface area contributed by atoms with Gasteiger partial charge in [-0.3, -0.25) is 9.35 Å². The number of unbranched alkanes of at least 4 members (excludes halogenated alkanes) is 2. The molecule has 8 nitrogen and oxygen atoms in total. The lowest BCUT2D eigenvalue weighted by Crippen LogP contribution is -2.29. The maximum Gasteiger partial charge on any atom is 0.303 e.